The molecule has 0 atom stereocenters. The Bertz CT molecular complexity index is 1280. The molecule has 0 radical (unpaired) electrons. The highest BCUT2D eigenvalue weighted by Gasteiger charge is 2.24. The molecule has 0 aliphatic heterocycles. The molecule has 0 bridgehead atoms. The Labute approximate surface area is 199 Å². The molecule has 0 heterocycles. The smallest absolute Gasteiger partial charge is 0.292 e. The second-order valence-electron chi connectivity index (χ2n) is 7.24. The van der Waals surface area contributed by atoms with Crippen LogP contribution in [0.25, 0.3) is 6.08 Å². The molecule has 11 nitrogen and oxygen atoms in total. The van der Waals surface area contributed by atoms with Gasteiger partial charge in [-0.25, -0.2) is 0 Å². The van der Waals surface area contributed by atoms with Crippen LogP contribution in [0.3, 0.4) is 0 Å². The van der Waals surface area contributed by atoms with Gasteiger partial charge in [0.1, 0.15) is 22.7 Å². The molecule has 0 unspecified atom stereocenters. The average Bonchev–Trinajstić information content (AvgIpc) is 2.82. The van der Waals surface area contributed by atoms with E-state index in [2.05, 4.69) is 10.6 Å². The first kappa shape index (κ1) is 24.6. The molecule has 0 saturated heterocycles. The second kappa shape index (κ2) is 10.7. The summed E-state index contributed by atoms with van der Waals surface area (Å²) >= 11 is 0. The van der Waals surface area contributed by atoms with E-state index < -0.39 is 27.2 Å². The fourth-order valence-corrected chi connectivity index (χ4v) is 3.25. The van der Waals surface area contributed by atoms with Gasteiger partial charge in [-0.05, 0) is 48.4 Å². The first-order valence-electron chi connectivity index (χ1n) is 10.2. The van der Waals surface area contributed by atoms with Gasteiger partial charge in [-0.3, -0.25) is 29.8 Å². The number of nitrogens with one attached hydrogen (secondary N) is 2. The zero-order chi connectivity index (χ0) is 25.5. The van der Waals surface area contributed by atoms with Crippen molar-refractivity contribution in [1.82, 2.24) is 0 Å². The normalized spacial score (nSPS) is 10.1. The van der Waals surface area contributed by atoms with Crippen LogP contribution in [0, 0.1) is 27.2 Å². The number of nitrogens with zero attached hydrogens (tertiary/aromatic N) is 2. The predicted octanol–water partition coefficient (Wildman–Crippen LogP) is 4.48. The molecule has 35 heavy (non-hydrogen) atoms. The molecule has 0 aromatic heterocycles. The number of aryl methyl sites for hydroxylation is 1. The predicted molar refractivity (Wildman–Crippen MR) is 129 cm³/mol. The molecule has 2 amide bonds. The van der Waals surface area contributed by atoms with Crippen molar-refractivity contribution in [3.05, 3.63) is 104 Å². The third kappa shape index (κ3) is 5.85. The summed E-state index contributed by atoms with van der Waals surface area (Å²) in [5.74, 6) is -1.29. The molecular weight excluding hydrogens is 456 g/mol. The highest BCUT2D eigenvalue weighted by Crippen LogP contribution is 2.27. The summed E-state index contributed by atoms with van der Waals surface area (Å²) in [4.78, 5) is 47.6. The number of carbonyl (C=O) groups is 2. The standard InChI is InChI=1S/C24H20N4O7/c1-15-13-16(11-12-22(15)35-2)14-17(23(29)25-18-7-3-5-9-20(18)27(31)32)24(30)26-19-8-4-6-10-21(19)28(33)34/h3-14H,1-2H3,(H,25,29)(H,26,30). The van der Waals surface area contributed by atoms with Gasteiger partial charge in [0, 0.05) is 12.1 Å². The minimum Gasteiger partial charge on any atom is -0.496 e. The van der Waals surface area contributed by atoms with E-state index in [0.717, 1.165) is 5.56 Å². The summed E-state index contributed by atoms with van der Waals surface area (Å²) in [5.41, 5.74) is -0.173. The molecule has 0 fully saturated rings. The van der Waals surface area contributed by atoms with E-state index >= 15 is 0 Å². The lowest BCUT2D eigenvalue weighted by atomic mass is 10.1. The van der Waals surface area contributed by atoms with Crippen LogP contribution in [0.5, 0.6) is 5.75 Å². The van der Waals surface area contributed by atoms with Gasteiger partial charge in [-0.15, -0.1) is 0 Å². The highest BCUT2D eigenvalue weighted by molar-refractivity contribution is 6.29. The molecule has 3 aromatic rings. The molecule has 11 heteroatoms. The van der Waals surface area contributed by atoms with Crippen molar-refractivity contribution in [3.63, 3.8) is 0 Å². The molecule has 0 spiro atoms. The monoisotopic (exact) mass is 476 g/mol. The Morgan fingerprint density at radius 3 is 1.74 bits per heavy atom. The molecule has 2 N–H and O–H groups in total. The van der Waals surface area contributed by atoms with Crippen LogP contribution in [0.1, 0.15) is 11.1 Å². The quantitative estimate of drug-likeness (QED) is 0.160. The summed E-state index contributed by atoms with van der Waals surface area (Å²) in [6, 6.07) is 15.9. The van der Waals surface area contributed by atoms with E-state index in [4.69, 9.17) is 4.74 Å². The number of anilines is 2. The fourth-order valence-electron chi connectivity index (χ4n) is 3.25. The fraction of sp³-hybridized carbons (Fsp3) is 0.0833. The van der Waals surface area contributed by atoms with Gasteiger partial charge >= 0.3 is 0 Å². The average molecular weight is 476 g/mol. The molecule has 0 saturated carbocycles. The van der Waals surface area contributed by atoms with Crippen LogP contribution in [-0.4, -0.2) is 28.8 Å². The number of nitro benzene ring substituents is 2. The number of methoxy groups -OCH3 is 1. The van der Waals surface area contributed by atoms with Gasteiger partial charge in [0.2, 0.25) is 0 Å². The lowest BCUT2D eigenvalue weighted by molar-refractivity contribution is -0.384. The lowest BCUT2D eigenvalue weighted by Crippen LogP contribution is -2.26. The minimum absolute atomic E-state index is 0.113. The zero-order valence-corrected chi connectivity index (χ0v) is 18.7. The van der Waals surface area contributed by atoms with Crippen molar-refractivity contribution in [2.24, 2.45) is 0 Å². The molecule has 0 aliphatic rings. The van der Waals surface area contributed by atoms with E-state index in [1.807, 2.05) is 0 Å². The van der Waals surface area contributed by atoms with Crippen LogP contribution in [0.4, 0.5) is 22.7 Å². The number of benzene rings is 3. The molecule has 178 valence electrons. The van der Waals surface area contributed by atoms with Gasteiger partial charge in [0.05, 0.1) is 17.0 Å². The first-order chi connectivity index (χ1) is 16.7. The maximum absolute atomic E-state index is 13.1. The van der Waals surface area contributed by atoms with Crippen LogP contribution in [0.2, 0.25) is 0 Å². The summed E-state index contributed by atoms with van der Waals surface area (Å²) in [5, 5.41) is 27.4. The van der Waals surface area contributed by atoms with Gasteiger partial charge in [-0.1, -0.05) is 30.3 Å². The summed E-state index contributed by atoms with van der Waals surface area (Å²) in [7, 11) is 1.50. The van der Waals surface area contributed by atoms with Crippen LogP contribution >= 0.6 is 0 Å². The lowest BCUT2D eigenvalue weighted by Gasteiger charge is -2.11. The third-order valence-corrected chi connectivity index (χ3v) is 4.92. The van der Waals surface area contributed by atoms with Crippen molar-refractivity contribution < 1.29 is 24.2 Å². The number of ether oxygens (including phenoxy) is 1. The number of rotatable bonds is 8. The maximum Gasteiger partial charge on any atom is 0.292 e. The number of nitro groups is 2. The largest absolute Gasteiger partial charge is 0.496 e. The molecule has 0 aliphatic carbocycles. The Morgan fingerprint density at radius 2 is 1.31 bits per heavy atom. The summed E-state index contributed by atoms with van der Waals surface area (Å²) < 4.78 is 5.22. The van der Waals surface area contributed by atoms with Crippen molar-refractivity contribution in [3.8, 4) is 5.75 Å². The second-order valence-corrected chi connectivity index (χ2v) is 7.24. The Morgan fingerprint density at radius 1 is 0.829 bits per heavy atom. The van der Waals surface area contributed by atoms with Crippen LogP contribution in [0.15, 0.2) is 72.3 Å². The van der Waals surface area contributed by atoms with Crippen LogP contribution < -0.4 is 15.4 Å². The summed E-state index contributed by atoms with van der Waals surface area (Å²) in [6.07, 6.45) is 1.28. The molecule has 3 aromatic carbocycles. The Hall–Kier alpha value is -5.06. The number of hydrogen-bond acceptors (Lipinski definition) is 7. The van der Waals surface area contributed by atoms with Crippen molar-refractivity contribution >= 4 is 40.6 Å². The van der Waals surface area contributed by atoms with Gasteiger partial charge < -0.3 is 15.4 Å². The van der Waals surface area contributed by atoms with Gasteiger partial charge in [0.15, 0.2) is 0 Å². The van der Waals surface area contributed by atoms with E-state index in [-0.39, 0.29) is 22.7 Å². The van der Waals surface area contributed by atoms with Crippen molar-refractivity contribution in [2.75, 3.05) is 17.7 Å². The minimum atomic E-state index is -0.941. The Balaban J connectivity index is 2.03. The third-order valence-electron chi connectivity index (χ3n) is 4.92. The number of para-hydroxylation sites is 4. The SMILES string of the molecule is COc1ccc(C=C(C(=O)Nc2ccccc2[N+](=O)[O-])C(=O)Nc2ccccc2[N+](=O)[O-])cc1C. The molecular formula is C24H20N4O7. The molecule has 3 rings (SSSR count). The van der Waals surface area contributed by atoms with Gasteiger partial charge in [0.25, 0.3) is 23.2 Å². The van der Waals surface area contributed by atoms with E-state index in [9.17, 15) is 29.8 Å². The maximum atomic E-state index is 13.1. The number of hydrogen-bond donors (Lipinski definition) is 2. The van der Waals surface area contributed by atoms with E-state index in [1.165, 1.54) is 61.7 Å². The first-order valence-corrected chi connectivity index (χ1v) is 10.2. The number of carbonyl (C=O) groups excluding carboxylic acids is 2. The number of amides is 2. The van der Waals surface area contributed by atoms with Crippen LogP contribution in [-0.2, 0) is 9.59 Å². The summed E-state index contributed by atoms with van der Waals surface area (Å²) in [6.45, 7) is 1.77. The van der Waals surface area contributed by atoms with E-state index in [1.54, 1.807) is 25.1 Å². The topological polar surface area (TPSA) is 154 Å². The van der Waals surface area contributed by atoms with E-state index in [0.29, 0.717) is 11.3 Å². The van der Waals surface area contributed by atoms with Crippen molar-refractivity contribution in [2.45, 2.75) is 6.92 Å². The Kier molecular flexibility index (Phi) is 7.52. The van der Waals surface area contributed by atoms with Gasteiger partial charge in [-0.2, -0.15) is 0 Å². The van der Waals surface area contributed by atoms with Crippen molar-refractivity contribution in [1.29, 1.82) is 0 Å². The zero-order valence-electron chi connectivity index (χ0n) is 18.7. The highest BCUT2D eigenvalue weighted by atomic mass is 16.6.